The zero-order valence-corrected chi connectivity index (χ0v) is 12.9. The fourth-order valence-electron chi connectivity index (χ4n) is 4.12. The van der Waals surface area contributed by atoms with Crippen molar-refractivity contribution in [1.82, 2.24) is 5.32 Å². The first kappa shape index (κ1) is 13.8. The quantitative estimate of drug-likeness (QED) is 0.795. The Labute approximate surface area is 133 Å². The van der Waals surface area contributed by atoms with Crippen molar-refractivity contribution in [3.8, 4) is 0 Å². The lowest BCUT2D eigenvalue weighted by molar-refractivity contribution is 0.400. The number of rotatable bonds is 5. The number of allylic oxidation sites excluding steroid dienone is 2. The van der Waals surface area contributed by atoms with Crippen LogP contribution >= 0.6 is 0 Å². The average Bonchev–Trinajstić information content (AvgIpc) is 3.20. The molecule has 22 heavy (non-hydrogen) atoms. The van der Waals surface area contributed by atoms with Crippen molar-refractivity contribution >= 4 is 0 Å². The highest BCUT2D eigenvalue weighted by atomic mass is 14.9. The summed E-state index contributed by atoms with van der Waals surface area (Å²) in [7, 11) is 0. The van der Waals surface area contributed by atoms with Gasteiger partial charge in [-0.1, -0.05) is 72.8 Å². The zero-order valence-electron chi connectivity index (χ0n) is 12.9. The van der Waals surface area contributed by atoms with Crippen molar-refractivity contribution in [2.24, 2.45) is 17.8 Å². The van der Waals surface area contributed by atoms with Crippen molar-refractivity contribution < 1.29 is 0 Å². The summed E-state index contributed by atoms with van der Waals surface area (Å²) >= 11 is 0. The number of hydrogen-bond acceptors (Lipinski definition) is 1. The molecule has 0 unspecified atom stereocenters. The van der Waals surface area contributed by atoms with Crippen molar-refractivity contribution in [3.05, 3.63) is 83.9 Å². The third-order valence-electron chi connectivity index (χ3n) is 5.27. The number of nitrogens with one attached hydrogen (secondary N) is 1. The second-order valence-corrected chi connectivity index (χ2v) is 6.70. The summed E-state index contributed by atoms with van der Waals surface area (Å²) in [4.78, 5) is 0. The standard InChI is InChI=1S/C21H23N/c1-3-7-17(8-4-1)21(18-9-5-2-6-10-18)22-15-20-14-16-11-12-19(20)13-16/h1-12,16,19-22H,13-15H2/t16-,19-,20-/m0/s1. The van der Waals surface area contributed by atoms with Crippen LogP contribution in [0.1, 0.15) is 30.0 Å². The fourth-order valence-corrected chi connectivity index (χ4v) is 4.12. The van der Waals surface area contributed by atoms with Crippen LogP contribution in [0.3, 0.4) is 0 Å². The Balaban J connectivity index is 1.52. The Kier molecular flexibility index (Phi) is 3.82. The molecule has 1 nitrogen and oxygen atoms in total. The van der Waals surface area contributed by atoms with E-state index < -0.39 is 0 Å². The van der Waals surface area contributed by atoms with Crippen LogP contribution in [0.15, 0.2) is 72.8 Å². The van der Waals surface area contributed by atoms with Gasteiger partial charge in [-0.2, -0.15) is 0 Å². The van der Waals surface area contributed by atoms with Crippen LogP contribution in [-0.4, -0.2) is 6.54 Å². The van der Waals surface area contributed by atoms with E-state index in [-0.39, 0.29) is 0 Å². The van der Waals surface area contributed by atoms with E-state index in [9.17, 15) is 0 Å². The van der Waals surface area contributed by atoms with Crippen LogP contribution in [0.4, 0.5) is 0 Å². The van der Waals surface area contributed by atoms with E-state index in [1.54, 1.807) is 0 Å². The maximum absolute atomic E-state index is 3.85. The summed E-state index contributed by atoms with van der Waals surface area (Å²) in [6.45, 7) is 1.11. The van der Waals surface area contributed by atoms with Gasteiger partial charge in [-0.25, -0.2) is 0 Å². The van der Waals surface area contributed by atoms with Crippen LogP contribution in [-0.2, 0) is 0 Å². The Bertz CT molecular complexity index is 592. The number of benzene rings is 2. The van der Waals surface area contributed by atoms with E-state index >= 15 is 0 Å². The fraction of sp³-hybridized carbons (Fsp3) is 0.333. The first-order chi connectivity index (χ1) is 10.9. The number of hydrogen-bond donors (Lipinski definition) is 1. The van der Waals surface area contributed by atoms with E-state index in [1.165, 1.54) is 24.0 Å². The molecule has 1 heteroatoms. The molecule has 1 fully saturated rings. The normalized spacial score (nSPS) is 26.0. The lowest BCUT2D eigenvalue weighted by Crippen LogP contribution is -2.30. The van der Waals surface area contributed by atoms with Crippen molar-refractivity contribution in [3.63, 3.8) is 0 Å². The Morgan fingerprint density at radius 1 is 0.818 bits per heavy atom. The first-order valence-corrected chi connectivity index (χ1v) is 8.42. The highest BCUT2D eigenvalue weighted by Crippen LogP contribution is 2.43. The lowest BCUT2D eigenvalue weighted by atomic mass is 9.92. The summed E-state index contributed by atoms with van der Waals surface area (Å²) in [6, 6.07) is 21.9. The molecule has 2 aromatic carbocycles. The summed E-state index contributed by atoms with van der Waals surface area (Å²) in [6.07, 6.45) is 7.62. The molecule has 1 N–H and O–H groups in total. The topological polar surface area (TPSA) is 12.0 Å². The molecule has 1 saturated carbocycles. The van der Waals surface area contributed by atoms with E-state index in [4.69, 9.17) is 0 Å². The Morgan fingerprint density at radius 3 is 1.95 bits per heavy atom. The molecule has 0 aromatic heterocycles. The van der Waals surface area contributed by atoms with Crippen molar-refractivity contribution in [2.45, 2.75) is 18.9 Å². The molecule has 2 bridgehead atoms. The second kappa shape index (κ2) is 6.10. The molecule has 2 aliphatic carbocycles. The summed E-state index contributed by atoms with van der Waals surface area (Å²) < 4.78 is 0. The minimum atomic E-state index is 0.297. The minimum Gasteiger partial charge on any atom is -0.306 e. The van der Waals surface area contributed by atoms with E-state index in [1.807, 2.05) is 0 Å². The predicted molar refractivity (Wildman–Crippen MR) is 91.6 cm³/mol. The lowest BCUT2D eigenvalue weighted by Gasteiger charge is -2.25. The molecule has 0 saturated heterocycles. The molecule has 0 aliphatic heterocycles. The highest BCUT2D eigenvalue weighted by Gasteiger charge is 2.35. The van der Waals surface area contributed by atoms with Gasteiger partial charge in [0, 0.05) is 0 Å². The third kappa shape index (κ3) is 2.74. The largest absolute Gasteiger partial charge is 0.306 e. The molecule has 0 heterocycles. The minimum absolute atomic E-state index is 0.297. The van der Waals surface area contributed by atoms with Crippen LogP contribution in [0.25, 0.3) is 0 Å². The van der Waals surface area contributed by atoms with Gasteiger partial charge < -0.3 is 5.32 Å². The predicted octanol–water partition coefficient (Wildman–Crippen LogP) is 4.58. The first-order valence-electron chi connectivity index (χ1n) is 8.42. The molecule has 0 amide bonds. The molecule has 3 atom stereocenters. The van der Waals surface area contributed by atoms with Gasteiger partial charge in [0.1, 0.15) is 0 Å². The second-order valence-electron chi connectivity index (χ2n) is 6.70. The van der Waals surface area contributed by atoms with E-state index in [2.05, 4.69) is 78.1 Å². The SMILES string of the molecule is C1=C[C@H]2C[C@H]1C[C@H]2CNC(c1ccccc1)c1ccccc1. The molecule has 0 spiro atoms. The summed E-state index contributed by atoms with van der Waals surface area (Å²) in [5.41, 5.74) is 2.71. The van der Waals surface area contributed by atoms with Crippen LogP contribution in [0.2, 0.25) is 0 Å². The number of fused-ring (bicyclic) bond motifs is 2. The Hall–Kier alpha value is -1.86. The van der Waals surface area contributed by atoms with Crippen LogP contribution < -0.4 is 5.32 Å². The monoisotopic (exact) mass is 289 g/mol. The highest BCUT2D eigenvalue weighted by molar-refractivity contribution is 5.31. The smallest absolute Gasteiger partial charge is 0.0576 e. The van der Waals surface area contributed by atoms with E-state index in [0.717, 1.165) is 24.3 Å². The maximum Gasteiger partial charge on any atom is 0.0576 e. The average molecular weight is 289 g/mol. The van der Waals surface area contributed by atoms with Gasteiger partial charge >= 0.3 is 0 Å². The Morgan fingerprint density at radius 2 is 1.45 bits per heavy atom. The molecule has 112 valence electrons. The van der Waals surface area contributed by atoms with Gasteiger partial charge in [0.25, 0.3) is 0 Å². The van der Waals surface area contributed by atoms with Crippen molar-refractivity contribution in [2.75, 3.05) is 6.54 Å². The molecular weight excluding hydrogens is 266 g/mol. The van der Waals surface area contributed by atoms with Crippen LogP contribution in [0.5, 0.6) is 0 Å². The molecular formula is C21H23N. The van der Waals surface area contributed by atoms with E-state index in [0.29, 0.717) is 6.04 Å². The van der Waals surface area contributed by atoms with Crippen LogP contribution in [0, 0.1) is 17.8 Å². The molecule has 2 aliphatic rings. The summed E-state index contributed by atoms with van der Waals surface area (Å²) in [5, 5.41) is 3.85. The third-order valence-corrected chi connectivity index (χ3v) is 5.27. The molecule has 2 aromatic rings. The van der Waals surface area contributed by atoms with Gasteiger partial charge in [0.05, 0.1) is 6.04 Å². The zero-order chi connectivity index (χ0) is 14.8. The van der Waals surface area contributed by atoms with Gasteiger partial charge in [0.15, 0.2) is 0 Å². The maximum atomic E-state index is 3.85. The molecule has 0 radical (unpaired) electrons. The van der Waals surface area contributed by atoms with Crippen molar-refractivity contribution in [1.29, 1.82) is 0 Å². The van der Waals surface area contributed by atoms with Gasteiger partial charge in [-0.05, 0) is 48.3 Å². The summed E-state index contributed by atoms with van der Waals surface area (Å²) in [5.74, 6) is 2.47. The molecule has 4 rings (SSSR count). The van der Waals surface area contributed by atoms with Gasteiger partial charge in [-0.3, -0.25) is 0 Å². The van der Waals surface area contributed by atoms with Gasteiger partial charge in [-0.15, -0.1) is 0 Å². The van der Waals surface area contributed by atoms with Gasteiger partial charge in [0.2, 0.25) is 0 Å².